The van der Waals surface area contributed by atoms with Crippen LogP contribution in [0.1, 0.15) is 26.7 Å². The van der Waals surface area contributed by atoms with Crippen LogP contribution < -0.4 is 16.0 Å². The number of hydrogen-bond donors (Lipinski definition) is 2. The molecule has 3 heteroatoms. The third-order valence-corrected chi connectivity index (χ3v) is 3.74. The highest BCUT2D eigenvalue weighted by atomic mass is 15.1. The van der Waals surface area contributed by atoms with Gasteiger partial charge < -0.3 is 16.0 Å². The molecule has 3 nitrogen and oxygen atoms in total. The van der Waals surface area contributed by atoms with Crippen molar-refractivity contribution in [2.45, 2.75) is 32.7 Å². The molecule has 18 heavy (non-hydrogen) atoms. The van der Waals surface area contributed by atoms with E-state index in [9.17, 15) is 0 Å². The summed E-state index contributed by atoms with van der Waals surface area (Å²) in [5, 5.41) is 3.40. The van der Waals surface area contributed by atoms with Gasteiger partial charge in [0.1, 0.15) is 0 Å². The first kappa shape index (κ1) is 13.2. The van der Waals surface area contributed by atoms with Crippen molar-refractivity contribution in [3.05, 3.63) is 24.3 Å². The molecule has 1 atom stereocenters. The summed E-state index contributed by atoms with van der Waals surface area (Å²) in [5.41, 5.74) is 8.52. The zero-order valence-corrected chi connectivity index (χ0v) is 11.5. The van der Waals surface area contributed by atoms with E-state index in [4.69, 9.17) is 5.73 Å². The molecular formula is C15H25N3. The third-order valence-electron chi connectivity index (χ3n) is 3.74. The molecule has 3 N–H and O–H groups in total. The molecule has 0 aromatic heterocycles. The van der Waals surface area contributed by atoms with Crippen LogP contribution in [0.2, 0.25) is 0 Å². The molecule has 1 fully saturated rings. The van der Waals surface area contributed by atoms with Crippen molar-refractivity contribution in [1.82, 2.24) is 0 Å². The molecule has 1 aromatic rings. The van der Waals surface area contributed by atoms with Crippen LogP contribution in [0, 0.1) is 5.92 Å². The second-order valence-corrected chi connectivity index (χ2v) is 5.53. The Kier molecular flexibility index (Phi) is 4.48. The smallest absolute Gasteiger partial charge is 0.0367 e. The molecule has 2 rings (SSSR count). The highest BCUT2D eigenvalue weighted by Gasteiger charge is 2.12. The lowest BCUT2D eigenvalue weighted by Gasteiger charge is -2.19. The Bertz CT molecular complexity index is 353. The quantitative estimate of drug-likeness (QED) is 0.840. The molecule has 1 aliphatic heterocycles. The average molecular weight is 247 g/mol. The molecule has 1 heterocycles. The number of nitrogens with two attached hydrogens (primary N) is 1. The number of benzene rings is 1. The third kappa shape index (κ3) is 3.39. The van der Waals surface area contributed by atoms with Gasteiger partial charge in [0.05, 0.1) is 0 Å². The first-order valence-electron chi connectivity index (χ1n) is 7.01. The molecule has 1 unspecified atom stereocenters. The summed E-state index contributed by atoms with van der Waals surface area (Å²) in [4.78, 5) is 2.45. The van der Waals surface area contributed by atoms with Crippen LogP contribution in [-0.4, -0.2) is 25.7 Å². The minimum atomic E-state index is 0.211. The second-order valence-electron chi connectivity index (χ2n) is 5.53. The molecule has 0 amide bonds. The summed E-state index contributed by atoms with van der Waals surface area (Å²) in [5.74, 6) is 0.515. The fourth-order valence-corrected chi connectivity index (χ4v) is 2.24. The fraction of sp³-hybridized carbons (Fsp3) is 0.600. The Morgan fingerprint density at radius 3 is 2.33 bits per heavy atom. The van der Waals surface area contributed by atoms with E-state index in [1.807, 2.05) is 0 Å². The lowest BCUT2D eigenvalue weighted by molar-refractivity contribution is 0.511. The number of nitrogens with one attached hydrogen (secondary N) is 1. The van der Waals surface area contributed by atoms with Gasteiger partial charge in [-0.1, -0.05) is 13.8 Å². The van der Waals surface area contributed by atoms with Gasteiger partial charge >= 0.3 is 0 Å². The van der Waals surface area contributed by atoms with Crippen LogP contribution in [0.5, 0.6) is 0 Å². The van der Waals surface area contributed by atoms with Gasteiger partial charge in [-0.3, -0.25) is 0 Å². The lowest BCUT2D eigenvalue weighted by Crippen LogP contribution is -2.33. The van der Waals surface area contributed by atoms with E-state index >= 15 is 0 Å². The Morgan fingerprint density at radius 2 is 1.78 bits per heavy atom. The minimum Gasteiger partial charge on any atom is -0.383 e. The maximum Gasteiger partial charge on any atom is 0.0367 e. The van der Waals surface area contributed by atoms with Gasteiger partial charge in [0.2, 0.25) is 0 Å². The van der Waals surface area contributed by atoms with Crippen LogP contribution >= 0.6 is 0 Å². The summed E-state index contributed by atoms with van der Waals surface area (Å²) in [7, 11) is 0. The first-order chi connectivity index (χ1) is 8.66. The van der Waals surface area contributed by atoms with Crippen molar-refractivity contribution in [2.75, 3.05) is 29.9 Å². The van der Waals surface area contributed by atoms with Crippen LogP contribution in [0.25, 0.3) is 0 Å². The molecule has 0 bridgehead atoms. The maximum absolute atomic E-state index is 6.02. The monoisotopic (exact) mass is 247 g/mol. The largest absolute Gasteiger partial charge is 0.383 e. The van der Waals surface area contributed by atoms with E-state index < -0.39 is 0 Å². The lowest BCUT2D eigenvalue weighted by atomic mass is 10.1. The van der Waals surface area contributed by atoms with Crippen LogP contribution in [0.3, 0.4) is 0 Å². The summed E-state index contributed by atoms with van der Waals surface area (Å²) < 4.78 is 0. The maximum atomic E-state index is 6.02. The molecule has 1 aliphatic rings. The molecular weight excluding hydrogens is 222 g/mol. The van der Waals surface area contributed by atoms with Crippen molar-refractivity contribution in [3.63, 3.8) is 0 Å². The zero-order chi connectivity index (χ0) is 13.0. The van der Waals surface area contributed by atoms with Gasteiger partial charge in [0.15, 0.2) is 0 Å². The molecule has 1 aromatic carbocycles. The number of rotatable bonds is 5. The highest BCUT2D eigenvalue weighted by Crippen LogP contribution is 2.22. The van der Waals surface area contributed by atoms with Gasteiger partial charge in [-0.25, -0.2) is 0 Å². The summed E-state index contributed by atoms with van der Waals surface area (Å²) >= 11 is 0. The standard InChI is InChI=1S/C15H25N3/c1-12(2)15(16)11-17-13-5-7-14(8-6-13)18-9-3-4-10-18/h5-8,12,15,17H,3-4,9-11,16H2,1-2H3. The molecule has 0 radical (unpaired) electrons. The Balaban J connectivity index is 1.87. The average Bonchev–Trinajstić information content (AvgIpc) is 2.90. The van der Waals surface area contributed by atoms with Gasteiger partial charge in [-0.2, -0.15) is 0 Å². The predicted octanol–water partition coefficient (Wildman–Crippen LogP) is 2.68. The minimum absolute atomic E-state index is 0.211. The highest BCUT2D eigenvalue weighted by molar-refractivity contribution is 5.55. The normalized spacial score (nSPS) is 17.2. The summed E-state index contributed by atoms with van der Waals surface area (Å²) in [6.45, 7) is 7.54. The van der Waals surface area contributed by atoms with Crippen molar-refractivity contribution in [3.8, 4) is 0 Å². The number of anilines is 2. The Hall–Kier alpha value is -1.22. The molecule has 0 saturated carbocycles. The zero-order valence-electron chi connectivity index (χ0n) is 11.5. The van der Waals surface area contributed by atoms with Crippen LogP contribution in [0.4, 0.5) is 11.4 Å². The number of hydrogen-bond acceptors (Lipinski definition) is 3. The van der Waals surface area contributed by atoms with Gasteiger partial charge in [0.25, 0.3) is 0 Å². The SMILES string of the molecule is CC(C)C(N)CNc1ccc(N2CCCC2)cc1. The van der Waals surface area contributed by atoms with E-state index in [-0.39, 0.29) is 6.04 Å². The molecule has 0 aliphatic carbocycles. The Morgan fingerprint density at radius 1 is 1.17 bits per heavy atom. The van der Waals surface area contributed by atoms with Gasteiger partial charge in [-0.15, -0.1) is 0 Å². The summed E-state index contributed by atoms with van der Waals surface area (Å²) in [6, 6.07) is 8.92. The van der Waals surface area contributed by atoms with Crippen molar-refractivity contribution >= 4 is 11.4 Å². The van der Waals surface area contributed by atoms with Crippen LogP contribution in [0.15, 0.2) is 24.3 Å². The second kappa shape index (κ2) is 6.10. The van der Waals surface area contributed by atoms with Crippen molar-refractivity contribution in [1.29, 1.82) is 0 Å². The fourth-order valence-electron chi connectivity index (χ4n) is 2.24. The van der Waals surface area contributed by atoms with Gasteiger partial charge in [-0.05, 0) is 43.0 Å². The predicted molar refractivity (Wildman–Crippen MR) is 79.2 cm³/mol. The van der Waals surface area contributed by atoms with Gasteiger partial charge in [0, 0.05) is 37.1 Å². The Labute approximate surface area is 110 Å². The topological polar surface area (TPSA) is 41.3 Å². The molecule has 0 spiro atoms. The summed E-state index contributed by atoms with van der Waals surface area (Å²) in [6.07, 6.45) is 2.65. The van der Waals surface area contributed by atoms with E-state index in [0.29, 0.717) is 5.92 Å². The van der Waals surface area contributed by atoms with E-state index in [1.54, 1.807) is 0 Å². The van der Waals surface area contributed by atoms with Crippen LogP contribution in [-0.2, 0) is 0 Å². The van der Waals surface area contributed by atoms with Crippen molar-refractivity contribution < 1.29 is 0 Å². The first-order valence-corrected chi connectivity index (χ1v) is 7.01. The van der Waals surface area contributed by atoms with Crippen molar-refractivity contribution in [2.24, 2.45) is 11.7 Å². The molecule has 1 saturated heterocycles. The molecule has 100 valence electrons. The van der Waals surface area contributed by atoms with E-state index in [0.717, 1.165) is 12.2 Å². The van der Waals surface area contributed by atoms with E-state index in [1.165, 1.54) is 31.6 Å². The van der Waals surface area contributed by atoms with E-state index in [2.05, 4.69) is 48.3 Å². The number of nitrogens with zero attached hydrogens (tertiary/aromatic N) is 1.